The standard InChI is InChI=1S/C23H28N6S/c1-27(2)14-8-16-29-22(21(26-23(29)30)19-10-4-6-13-25-19)20-11-7-15-28(20)17-18-9-3-5-12-24-18/h3-7,9-13,15,21-22H,8,14,16-17H2,1-2H3,(H,26,30)/t21-,22+/m0/s1. The number of nitrogens with one attached hydrogen (secondary N) is 1. The number of nitrogens with zero attached hydrogens (tertiary/aromatic N) is 5. The fraction of sp³-hybridized carbons (Fsp3) is 0.348. The second-order valence-electron chi connectivity index (χ2n) is 7.86. The highest BCUT2D eigenvalue weighted by molar-refractivity contribution is 7.80. The van der Waals surface area contributed by atoms with Gasteiger partial charge in [-0.3, -0.25) is 9.97 Å². The van der Waals surface area contributed by atoms with Crippen molar-refractivity contribution in [2.45, 2.75) is 25.0 Å². The minimum absolute atomic E-state index is 0.00967. The highest BCUT2D eigenvalue weighted by Crippen LogP contribution is 2.38. The Morgan fingerprint density at radius 3 is 2.53 bits per heavy atom. The lowest BCUT2D eigenvalue weighted by Crippen LogP contribution is -2.33. The van der Waals surface area contributed by atoms with E-state index in [1.165, 1.54) is 5.69 Å². The van der Waals surface area contributed by atoms with Crippen LogP contribution in [0.25, 0.3) is 0 Å². The van der Waals surface area contributed by atoms with Crippen LogP contribution in [0.15, 0.2) is 67.1 Å². The van der Waals surface area contributed by atoms with Crippen LogP contribution in [-0.2, 0) is 6.54 Å². The highest BCUT2D eigenvalue weighted by Gasteiger charge is 2.40. The van der Waals surface area contributed by atoms with Crippen LogP contribution in [0.5, 0.6) is 0 Å². The topological polar surface area (TPSA) is 49.2 Å². The van der Waals surface area contributed by atoms with E-state index in [-0.39, 0.29) is 12.1 Å². The number of hydrogen-bond donors (Lipinski definition) is 1. The van der Waals surface area contributed by atoms with Crippen LogP contribution in [0.2, 0.25) is 0 Å². The second kappa shape index (κ2) is 9.36. The van der Waals surface area contributed by atoms with Gasteiger partial charge in [0.05, 0.1) is 30.0 Å². The average molecular weight is 421 g/mol. The molecule has 3 aromatic heterocycles. The molecule has 0 bridgehead atoms. The van der Waals surface area contributed by atoms with E-state index in [2.05, 4.69) is 74.2 Å². The molecule has 156 valence electrons. The lowest BCUT2D eigenvalue weighted by atomic mass is 10.0. The molecule has 30 heavy (non-hydrogen) atoms. The molecule has 0 radical (unpaired) electrons. The molecule has 2 atom stereocenters. The Kier molecular flexibility index (Phi) is 6.40. The van der Waals surface area contributed by atoms with E-state index in [4.69, 9.17) is 12.2 Å². The molecule has 1 saturated heterocycles. The molecule has 0 spiro atoms. The molecule has 0 aliphatic carbocycles. The Balaban J connectivity index is 1.66. The van der Waals surface area contributed by atoms with Gasteiger partial charge in [-0.15, -0.1) is 0 Å². The lowest BCUT2D eigenvalue weighted by molar-refractivity contribution is 0.283. The van der Waals surface area contributed by atoms with Gasteiger partial charge in [0.15, 0.2) is 5.11 Å². The average Bonchev–Trinajstić information content (AvgIpc) is 3.33. The van der Waals surface area contributed by atoms with Crippen molar-refractivity contribution in [3.8, 4) is 0 Å². The van der Waals surface area contributed by atoms with Gasteiger partial charge in [0.1, 0.15) is 0 Å². The third-order valence-corrected chi connectivity index (χ3v) is 5.78. The van der Waals surface area contributed by atoms with E-state index < -0.39 is 0 Å². The SMILES string of the molecule is CN(C)CCCN1C(=S)N[C@@H](c2ccccn2)[C@H]1c1cccn1Cc1ccccn1. The fourth-order valence-corrected chi connectivity index (χ4v) is 4.36. The number of thiocarbonyl (C=S) groups is 1. The molecule has 1 aliphatic heterocycles. The van der Waals surface area contributed by atoms with Crippen molar-refractivity contribution in [1.82, 2.24) is 29.7 Å². The first-order valence-corrected chi connectivity index (χ1v) is 10.7. The summed E-state index contributed by atoms with van der Waals surface area (Å²) < 4.78 is 2.28. The monoisotopic (exact) mass is 420 g/mol. The first kappa shape index (κ1) is 20.5. The van der Waals surface area contributed by atoms with Gasteiger partial charge in [-0.25, -0.2) is 0 Å². The number of hydrogen-bond acceptors (Lipinski definition) is 4. The fourth-order valence-electron chi connectivity index (χ4n) is 4.03. The zero-order valence-electron chi connectivity index (χ0n) is 17.5. The first-order chi connectivity index (χ1) is 14.6. The molecule has 1 fully saturated rings. The van der Waals surface area contributed by atoms with E-state index in [0.717, 1.165) is 42.6 Å². The smallest absolute Gasteiger partial charge is 0.170 e. The van der Waals surface area contributed by atoms with Gasteiger partial charge >= 0.3 is 0 Å². The van der Waals surface area contributed by atoms with Gasteiger partial charge < -0.3 is 19.7 Å². The Bertz CT molecular complexity index is 956. The minimum atomic E-state index is 0.00967. The van der Waals surface area contributed by atoms with Gasteiger partial charge in [-0.1, -0.05) is 12.1 Å². The van der Waals surface area contributed by atoms with E-state index in [1.807, 2.05) is 36.7 Å². The van der Waals surface area contributed by atoms with Gasteiger partial charge in [0.25, 0.3) is 0 Å². The Morgan fingerprint density at radius 2 is 1.83 bits per heavy atom. The highest BCUT2D eigenvalue weighted by atomic mass is 32.1. The van der Waals surface area contributed by atoms with Crippen LogP contribution in [0.1, 0.15) is 35.6 Å². The molecular weight excluding hydrogens is 392 g/mol. The van der Waals surface area contributed by atoms with Crippen LogP contribution >= 0.6 is 12.2 Å². The van der Waals surface area contributed by atoms with E-state index in [0.29, 0.717) is 0 Å². The Hall–Kier alpha value is -2.77. The summed E-state index contributed by atoms with van der Waals surface area (Å²) in [6, 6.07) is 16.5. The predicted octanol–water partition coefficient (Wildman–Crippen LogP) is 3.25. The molecule has 0 unspecified atom stereocenters. The maximum absolute atomic E-state index is 5.77. The molecular formula is C23H28N6S. The van der Waals surface area contributed by atoms with E-state index in [1.54, 1.807) is 0 Å². The Morgan fingerprint density at radius 1 is 1.03 bits per heavy atom. The molecule has 6 nitrogen and oxygen atoms in total. The molecule has 4 rings (SSSR count). The maximum Gasteiger partial charge on any atom is 0.170 e. The molecule has 3 aromatic rings. The van der Waals surface area contributed by atoms with Crippen molar-refractivity contribution in [2.24, 2.45) is 0 Å². The van der Waals surface area contributed by atoms with Crippen LogP contribution < -0.4 is 5.32 Å². The minimum Gasteiger partial charge on any atom is -0.352 e. The van der Waals surface area contributed by atoms with Crippen molar-refractivity contribution in [2.75, 3.05) is 27.2 Å². The van der Waals surface area contributed by atoms with E-state index >= 15 is 0 Å². The number of rotatable bonds is 8. The van der Waals surface area contributed by atoms with Gasteiger partial charge in [0, 0.05) is 30.8 Å². The van der Waals surface area contributed by atoms with Gasteiger partial charge in [-0.05, 0) is 75.7 Å². The van der Waals surface area contributed by atoms with Crippen molar-refractivity contribution < 1.29 is 0 Å². The van der Waals surface area contributed by atoms with Crippen LogP contribution in [0, 0.1) is 0 Å². The van der Waals surface area contributed by atoms with Crippen molar-refractivity contribution in [1.29, 1.82) is 0 Å². The molecule has 0 amide bonds. The number of aromatic nitrogens is 3. The molecule has 7 heteroatoms. The lowest BCUT2D eigenvalue weighted by Gasteiger charge is -2.29. The zero-order chi connectivity index (χ0) is 20.9. The Labute approximate surface area is 183 Å². The zero-order valence-corrected chi connectivity index (χ0v) is 18.3. The third-order valence-electron chi connectivity index (χ3n) is 5.43. The summed E-state index contributed by atoms with van der Waals surface area (Å²) in [6.45, 7) is 2.65. The second-order valence-corrected chi connectivity index (χ2v) is 8.25. The van der Waals surface area contributed by atoms with E-state index in [9.17, 15) is 0 Å². The quantitative estimate of drug-likeness (QED) is 0.565. The summed E-state index contributed by atoms with van der Waals surface area (Å²) in [5.41, 5.74) is 3.26. The van der Waals surface area contributed by atoms with Crippen LogP contribution in [0.3, 0.4) is 0 Å². The molecule has 1 N–H and O–H groups in total. The van der Waals surface area contributed by atoms with Crippen LogP contribution in [0.4, 0.5) is 0 Å². The summed E-state index contributed by atoms with van der Waals surface area (Å²) >= 11 is 5.77. The third kappa shape index (κ3) is 4.52. The van der Waals surface area contributed by atoms with Crippen molar-refractivity contribution >= 4 is 17.3 Å². The molecule has 0 aromatic carbocycles. The maximum atomic E-state index is 5.77. The molecule has 4 heterocycles. The van der Waals surface area contributed by atoms with Gasteiger partial charge in [0.2, 0.25) is 0 Å². The summed E-state index contributed by atoms with van der Waals surface area (Å²) in [6.07, 6.45) is 6.85. The summed E-state index contributed by atoms with van der Waals surface area (Å²) in [4.78, 5) is 13.7. The normalized spacial score (nSPS) is 18.8. The first-order valence-electron chi connectivity index (χ1n) is 10.3. The van der Waals surface area contributed by atoms with Crippen molar-refractivity contribution in [3.05, 3.63) is 84.2 Å². The summed E-state index contributed by atoms with van der Waals surface area (Å²) in [5.74, 6) is 0. The van der Waals surface area contributed by atoms with Crippen molar-refractivity contribution in [3.63, 3.8) is 0 Å². The number of pyridine rings is 2. The predicted molar refractivity (Wildman–Crippen MR) is 123 cm³/mol. The summed E-state index contributed by atoms with van der Waals surface area (Å²) in [7, 11) is 4.21. The summed E-state index contributed by atoms with van der Waals surface area (Å²) in [5, 5.41) is 4.33. The van der Waals surface area contributed by atoms with Crippen LogP contribution in [-0.4, -0.2) is 56.6 Å². The molecule has 1 aliphatic rings. The van der Waals surface area contributed by atoms with Gasteiger partial charge in [-0.2, -0.15) is 0 Å². The largest absolute Gasteiger partial charge is 0.352 e. The molecule has 0 saturated carbocycles.